The summed E-state index contributed by atoms with van der Waals surface area (Å²) >= 11 is 3.41. The Hall–Kier alpha value is -2.76. The quantitative estimate of drug-likeness (QED) is 0.502. The number of ketones is 1. The van der Waals surface area contributed by atoms with E-state index in [0.29, 0.717) is 23.4 Å². The molecular weight excluding hydrogens is 442 g/mol. The molecule has 0 bridgehead atoms. The van der Waals surface area contributed by atoms with Gasteiger partial charge in [0, 0.05) is 22.1 Å². The standard InChI is InChI=1S/C25H22BrNO3/c1-2-14-27-22-13-12-20(26)15-21(22)25(30,24(27)29)16-23(28)19-10-8-18(9-11-19)17-6-4-3-5-7-17/h3-13,15,30H,2,14,16H2,1H3/t25-/m1/s1. The van der Waals surface area contributed by atoms with Crippen LogP contribution in [0.5, 0.6) is 0 Å². The van der Waals surface area contributed by atoms with E-state index in [0.717, 1.165) is 22.0 Å². The van der Waals surface area contributed by atoms with E-state index in [-0.39, 0.29) is 12.2 Å². The van der Waals surface area contributed by atoms with Crippen LogP contribution in [-0.4, -0.2) is 23.3 Å². The van der Waals surface area contributed by atoms with Gasteiger partial charge in [0.15, 0.2) is 11.4 Å². The minimum absolute atomic E-state index is 0.269. The van der Waals surface area contributed by atoms with Crippen LogP contribution in [0.2, 0.25) is 0 Å². The van der Waals surface area contributed by atoms with Gasteiger partial charge in [0.1, 0.15) is 0 Å². The molecule has 5 heteroatoms. The molecule has 4 rings (SSSR count). The lowest BCUT2D eigenvalue weighted by Crippen LogP contribution is -2.42. The van der Waals surface area contributed by atoms with Crippen molar-refractivity contribution in [2.24, 2.45) is 0 Å². The third-order valence-corrected chi connectivity index (χ3v) is 5.96. The van der Waals surface area contributed by atoms with Crippen molar-refractivity contribution < 1.29 is 14.7 Å². The van der Waals surface area contributed by atoms with Crippen LogP contribution < -0.4 is 4.90 Å². The van der Waals surface area contributed by atoms with Gasteiger partial charge in [0.2, 0.25) is 0 Å². The molecule has 4 nitrogen and oxygen atoms in total. The Morgan fingerprint density at radius 3 is 2.33 bits per heavy atom. The highest BCUT2D eigenvalue weighted by atomic mass is 79.9. The lowest BCUT2D eigenvalue weighted by Gasteiger charge is -2.22. The Kier molecular flexibility index (Phi) is 5.58. The average Bonchev–Trinajstić information content (AvgIpc) is 2.96. The number of aliphatic hydroxyl groups is 1. The zero-order chi connectivity index (χ0) is 21.3. The molecule has 0 spiro atoms. The van der Waals surface area contributed by atoms with Crippen molar-refractivity contribution in [3.63, 3.8) is 0 Å². The summed E-state index contributed by atoms with van der Waals surface area (Å²) in [6, 6.07) is 22.6. The van der Waals surface area contributed by atoms with Crippen LogP contribution >= 0.6 is 15.9 Å². The summed E-state index contributed by atoms with van der Waals surface area (Å²) < 4.78 is 0.755. The van der Waals surface area contributed by atoms with Crippen molar-refractivity contribution >= 4 is 33.3 Å². The summed E-state index contributed by atoms with van der Waals surface area (Å²) in [7, 11) is 0. The fourth-order valence-corrected chi connectivity index (χ4v) is 4.31. The third kappa shape index (κ3) is 3.59. The van der Waals surface area contributed by atoms with Crippen molar-refractivity contribution in [2.75, 3.05) is 11.4 Å². The van der Waals surface area contributed by atoms with E-state index in [2.05, 4.69) is 15.9 Å². The Balaban J connectivity index is 1.62. The molecule has 30 heavy (non-hydrogen) atoms. The van der Waals surface area contributed by atoms with Gasteiger partial charge in [-0.25, -0.2) is 0 Å². The zero-order valence-electron chi connectivity index (χ0n) is 16.6. The number of Topliss-reactive ketones (excluding diaryl/α,β-unsaturated/α-hetero) is 1. The first kappa shape index (κ1) is 20.5. The van der Waals surface area contributed by atoms with Gasteiger partial charge in [0.25, 0.3) is 5.91 Å². The zero-order valence-corrected chi connectivity index (χ0v) is 18.2. The highest BCUT2D eigenvalue weighted by Crippen LogP contribution is 2.44. The topological polar surface area (TPSA) is 57.6 Å². The number of hydrogen-bond donors (Lipinski definition) is 1. The summed E-state index contributed by atoms with van der Waals surface area (Å²) in [5.41, 5.74) is 1.83. The minimum Gasteiger partial charge on any atom is -0.375 e. The van der Waals surface area contributed by atoms with E-state index in [9.17, 15) is 14.7 Å². The summed E-state index contributed by atoms with van der Waals surface area (Å²) in [4.78, 5) is 27.7. The van der Waals surface area contributed by atoms with Gasteiger partial charge in [-0.3, -0.25) is 9.59 Å². The summed E-state index contributed by atoms with van der Waals surface area (Å²) in [5.74, 6) is -0.707. The van der Waals surface area contributed by atoms with Gasteiger partial charge < -0.3 is 10.0 Å². The Labute approximate surface area is 184 Å². The molecule has 0 saturated heterocycles. The molecule has 1 aliphatic heterocycles. The molecule has 3 aromatic rings. The molecule has 1 atom stereocenters. The predicted molar refractivity (Wildman–Crippen MR) is 122 cm³/mol. The van der Waals surface area contributed by atoms with Crippen molar-refractivity contribution in [2.45, 2.75) is 25.4 Å². The Morgan fingerprint density at radius 1 is 1.00 bits per heavy atom. The van der Waals surface area contributed by atoms with Gasteiger partial charge in [-0.2, -0.15) is 0 Å². The average molecular weight is 464 g/mol. The monoisotopic (exact) mass is 463 g/mol. The highest BCUT2D eigenvalue weighted by molar-refractivity contribution is 9.10. The maximum absolute atomic E-state index is 13.1. The molecule has 1 amide bonds. The van der Waals surface area contributed by atoms with Gasteiger partial charge in [-0.05, 0) is 35.7 Å². The molecule has 3 aromatic carbocycles. The molecule has 0 aliphatic carbocycles. The van der Waals surface area contributed by atoms with E-state index in [1.54, 1.807) is 23.1 Å². The van der Waals surface area contributed by atoms with E-state index >= 15 is 0 Å². The number of rotatable bonds is 6. The van der Waals surface area contributed by atoms with Gasteiger partial charge in [-0.15, -0.1) is 0 Å². The second kappa shape index (κ2) is 8.17. The van der Waals surface area contributed by atoms with Crippen molar-refractivity contribution in [3.8, 4) is 11.1 Å². The SMILES string of the molecule is CCCN1C(=O)[C@@](O)(CC(=O)c2ccc(-c3ccccc3)cc2)c2cc(Br)ccc21. The summed E-state index contributed by atoms with van der Waals surface area (Å²) in [6.45, 7) is 2.47. The summed E-state index contributed by atoms with van der Waals surface area (Å²) in [6.07, 6.45) is 0.465. The number of anilines is 1. The van der Waals surface area contributed by atoms with E-state index < -0.39 is 11.5 Å². The lowest BCUT2D eigenvalue weighted by molar-refractivity contribution is -0.135. The summed E-state index contributed by atoms with van der Waals surface area (Å²) in [5, 5.41) is 11.4. The second-order valence-electron chi connectivity index (χ2n) is 7.52. The fourth-order valence-electron chi connectivity index (χ4n) is 3.95. The van der Waals surface area contributed by atoms with Gasteiger partial charge >= 0.3 is 0 Å². The molecule has 1 N–H and O–H groups in total. The van der Waals surface area contributed by atoms with Crippen LogP contribution in [0.4, 0.5) is 5.69 Å². The number of amides is 1. The molecule has 1 aliphatic rings. The number of halogens is 1. The number of benzene rings is 3. The first-order valence-electron chi connectivity index (χ1n) is 9.97. The number of carbonyl (C=O) groups excluding carboxylic acids is 2. The van der Waals surface area contributed by atoms with Crippen LogP contribution in [0.25, 0.3) is 11.1 Å². The van der Waals surface area contributed by atoms with Crippen LogP contribution in [0.3, 0.4) is 0 Å². The predicted octanol–water partition coefficient (Wildman–Crippen LogP) is 5.33. The van der Waals surface area contributed by atoms with Gasteiger partial charge in [0.05, 0.1) is 12.1 Å². The number of carbonyl (C=O) groups is 2. The van der Waals surface area contributed by atoms with E-state index in [1.807, 2.05) is 61.5 Å². The number of hydrogen-bond acceptors (Lipinski definition) is 3. The molecule has 0 saturated carbocycles. The van der Waals surface area contributed by atoms with Crippen molar-refractivity contribution in [1.29, 1.82) is 0 Å². The molecule has 0 fully saturated rings. The first-order chi connectivity index (χ1) is 14.4. The van der Waals surface area contributed by atoms with Crippen molar-refractivity contribution in [3.05, 3.63) is 88.4 Å². The normalized spacial score (nSPS) is 17.8. The van der Waals surface area contributed by atoms with E-state index in [1.165, 1.54) is 0 Å². The molecule has 0 aromatic heterocycles. The molecule has 0 radical (unpaired) electrons. The Bertz CT molecular complexity index is 1100. The van der Waals surface area contributed by atoms with Crippen LogP contribution in [0.1, 0.15) is 35.7 Å². The maximum Gasteiger partial charge on any atom is 0.264 e. The first-order valence-corrected chi connectivity index (χ1v) is 10.8. The largest absolute Gasteiger partial charge is 0.375 e. The number of nitrogens with zero attached hydrogens (tertiary/aromatic N) is 1. The lowest BCUT2D eigenvalue weighted by atomic mass is 9.88. The van der Waals surface area contributed by atoms with Gasteiger partial charge in [-0.1, -0.05) is 77.5 Å². The van der Waals surface area contributed by atoms with Crippen LogP contribution in [0.15, 0.2) is 77.3 Å². The smallest absolute Gasteiger partial charge is 0.264 e. The number of fused-ring (bicyclic) bond motifs is 1. The Morgan fingerprint density at radius 2 is 1.67 bits per heavy atom. The van der Waals surface area contributed by atoms with Crippen LogP contribution in [-0.2, 0) is 10.4 Å². The molecular formula is C25H22BrNO3. The minimum atomic E-state index is -1.86. The third-order valence-electron chi connectivity index (χ3n) is 5.47. The van der Waals surface area contributed by atoms with E-state index in [4.69, 9.17) is 0 Å². The molecule has 0 unspecified atom stereocenters. The van der Waals surface area contributed by atoms with Crippen LogP contribution in [0, 0.1) is 0 Å². The molecule has 1 heterocycles. The maximum atomic E-state index is 13.1. The molecule has 152 valence electrons. The van der Waals surface area contributed by atoms with Crippen molar-refractivity contribution in [1.82, 2.24) is 0 Å². The highest BCUT2D eigenvalue weighted by Gasteiger charge is 2.50. The fraction of sp³-hybridized carbons (Fsp3) is 0.200. The second-order valence-corrected chi connectivity index (χ2v) is 8.44.